The van der Waals surface area contributed by atoms with Crippen LogP contribution in [0.2, 0.25) is 25.7 Å². The van der Waals surface area contributed by atoms with Crippen molar-refractivity contribution >= 4 is 13.8 Å². The van der Waals surface area contributed by atoms with Gasteiger partial charge in [-0.15, -0.1) is 0 Å². The molecule has 0 amide bonds. The minimum atomic E-state index is -1.11. The number of ether oxygens (including phenoxy) is 1. The van der Waals surface area contributed by atoms with E-state index in [4.69, 9.17) is 9.72 Å². The van der Waals surface area contributed by atoms with E-state index < -0.39 is 8.07 Å². The molecule has 0 radical (unpaired) electrons. The highest BCUT2D eigenvalue weighted by molar-refractivity contribution is 6.76. The van der Waals surface area contributed by atoms with E-state index in [2.05, 4.69) is 91.7 Å². The Bertz CT molecular complexity index is 898. The molecule has 0 bridgehead atoms. The van der Waals surface area contributed by atoms with Crippen LogP contribution >= 0.6 is 0 Å². The number of imidazole rings is 1. The number of anilines is 1. The van der Waals surface area contributed by atoms with Gasteiger partial charge in [0.2, 0.25) is 0 Å². The Hall–Kier alpha value is -2.37. The molecule has 3 aromatic rings. The lowest BCUT2D eigenvalue weighted by Crippen LogP contribution is -2.22. The summed E-state index contributed by atoms with van der Waals surface area (Å²) >= 11 is 0. The maximum atomic E-state index is 6.10. The molecule has 0 atom stereocenters. The molecule has 0 N–H and O–H groups in total. The largest absolute Gasteiger partial charge is 0.378 e. The van der Waals surface area contributed by atoms with Crippen LogP contribution in [0.5, 0.6) is 0 Å². The average molecular weight is 394 g/mol. The molecule has 1 aromatic heterocycles. The molecule has 4 nitrogen and oxygen atoms in total. The fourth-order valence-electron chi connectivity index (χ4n) is 3.03. The molecule has 0 aliphatic carbocycles. The molecule has 0 unspecified atom stereocenters. The minimum Gasteiger partial charge on any atom is -0.378 e. The van der Waals surface area contributed by atoms with Crippen LogP contribution in [0.3, 0.4) is 0 Å². The average Bonchev–Trinajstić information content (AvgIpc) is 3.09. The molecule has 0 saturated heterocycles. The zero-order chi connectivity index (χ0) is 20.1. The molecule has 0 aliphatic heterocycles. The van der Waals surface area contributed by atoms with Crippen molar-refractivity contribution in [2.45, 2.75) is 32.4 Å². The molecule has 0 aliphatic rings. The van der Waals surface area contributed by atoms with Gasteiger partial charge in [-0.1, -0.05) is 62.1 Å². The number of benzene rings is 2. The van der Waals surface area contributed by atoms with Gasteiger partial charge in [-0.05, 0) is 23.7 Å². The third-order valence-electron chi connectivity index (χ3n) is 4.76. The fourth-order valence-corrected chi connectivity index (χ4v) is 3.79. The van der Waals surface area contributed by atoms with E-state index in [1.54, 1.807) is 0 Å². The van der Waals surface area contributed by atoms with E-state index in [0.29, 0.717) is 6.73 Å². The van der Waals surface area contributed by atoms with E-state index in [1.165, 1.54) is 0 Å². The normalized spacial score (nSPS) is 11.6. The van der Waals surface area contributed by atoms with Crippen molar-refractivity contribution in [2.24, 2.45) is 0 Å². The van der Waals surface area contributed by atoms with Gasteiger partial charge in [-0.25, -0.2) is 4.98 Å². The van der Waals surface area contributed by atoms with Gasteiger partial charge in [0, 0.05) is 40.0 Å². The summed E-state index contributed by atoms with van der Waals surface area (Å²) in [6.45, 7) is 8.43. The minimum absolute atomic E-state index is 0.510. The first-order valence-electron chi connectivity index (χ1n) is 9.81. The summed E-state index contributed by atoms with van der Waals surface area (Å²) in [4.78, 5) is 6.87. The predicted octanol–water partition coefficient (Wildman–Crippen LogP) is 5.60. The Balaban J connectivity index is 1.94. The SMILES string of the molecule is CN(C)c1cccc(-c2ncc(-c3ccccc3)n2COCC[Si](C)(C)C)c1. The van der Waals surface area contributed by atoms with Gasteiger partial charge in [0.15, 0.2) is 0 Å². The molecule has 0 fully saturated rings. The van der Waals surface area contributed by atoms with Crippen molar-refractivity contribution in [1.82, 2.24) is 9.55 Å². The van der Waals surface area contributed by atoms with Gasteiger partial charge in [-0.3, -0.25) is 4.57 Å². The summed E-state index contributed by atoms with van der Waals surface area (Å²) < 4.78 is 8.29. The highest BCUT2D eigenvalue weighted by atomic mass is 28.3. The second kappa shape index (κ2) is 8.75. The maximum Gasteiger partial charge on any atom is 0.142 e. The molecule has 1 heterocycles. The summed E-state index contributed by atoms with van der Waals surface area (Å²) in [5.74, 6) is 0.940. The van der Waals surface area contributed by atoms with Crippen molar-refractivity contribution in [1.29, 1.82) is 0 Å². The lowest BCUT2D eigenvalue weighted by atomic mass is 10.1. The van der Waals surface area contributed by atoms with Gasteiger partial charge < -0.3 is 9.64 Å². The number of rotatable bonds is 8. The summed E-state index contributed by atoms with van der Waals surface area (Å²) in [7, 11) is 3.00. The molecule has 28 heavy (non-hydrogen) atoms. The Morgan fingerprint density at radius 2 is 1.68 bits per heavy atom. The van der Waals surface area contributed by atoms with Crippen molar-refractivity contribution in [3.63, 3.8) is 0 Å². The third kappa shape index (κ3) is 5.12. The monoisotopic (exact) mass is 393 g/mol. The van der Waals surface area contributed by atoms with Gasteiger partial charge in [0.1, 0.15) is 12.6 Å². The quantitative estimate of drug-likeness (QED) is 0.369. The Labute approximate surface area is 169 Å². The van der Waals surface area contributed by atoms with Gasteiger partial charge in [0.05, 0.1) is 11.9 Å². The molecule has 0 spiro atoms. The highest BCUT2D eigenvalue weighted by Gasteiger charge is 2.16. The predicted molar refractivity (Wildman–Crippen MR) is 122 cm³/mol. The fraction of sp³-hybridized carbons (Fsp3) is 0.348. The first kappa shape index (κ1) is 20.4. The lowest BCUT2D eigenvalue weighted by molar-refractivity contribution is 0.0893. The molecular weight excluding hydrogens is 362 g/mol. The van der Waals surface area contributed by atoms with Crippen LogP contribution in [0.25, 0.3) is 22.6 Å². The van der Waals surface area contributed by atoms with E-state index >= 15 is 0 Å². The van der Waals surface area contributed by atoms with Crippen LogP contribution in [-0.4, -0.2) is 38.3 Å². The van der Waals surface area contributed by atoms with Gasteiger partial charge in [-0.2, -0.15) is 0 Å². The van der Waals surface area contributed by atoms with Crippen LogP contribution in [-0.2, 0) is 11.5 Å². The second-order valence-corrected chi connectivity index (χ2v) is 14.2. The maximum absolute atomic E-state index is 6.10. The molecule has 3 rings (SSSR count). The lowest BCUT2D eigenvalue weighted by Gasteiger charge is -2.18. The van der Waals surface area contributed by atoms with Crippen molar-refractivity contribution in [2.75, 3.05) is 25.6 Å². The van der Waals surface area contributed by atoms with Gasteiger partial charge in [0.25, 0.3) is 0 Å². The molecule has 2 aromatic carbocycles. The Kier molecular flexibility index (Phi) is 6.37. The zero-order valence-corrected chi connectivity index (χ0v) is 18.6. The van der Waals surface area contributed by atoms with E-state index in [9.17, 15) is 0 Å². The summed E-state index contributed by atoms with van der Waals surface area (Å²) in [6.07, 6.45) is 1.95. The summed E-state index contributed by atoms with van der Waals surface area (Å²) in [5.41, 5.74) is 4.49. The van der Waals surface area contributed by atoms with E-state index in [0.717, 1.165) is 41.0 Å². The van der Waals surface area contributed by atoms with Crippen LogP contribution in [0.4, 0.5) is 5.69 Å². The standard InChI is InChI=1S/C23H31N3OSi/c1-25(2)21-13-9-12-20(16-21)23-24-17-22(19-10-7-6-8-11-19)26(23)18-27-14-15-28(3,4)5/h6-13,16-17H,14-15,18H2,1-5H3. The number of aromatic nitrogens is 2. The van der Waals surface area contributed by atoms with Crippen LogP contribution < -0.4 is 4.90 Å². The van der Waals surface area contributed by atoms with Gasteiger partial charge >= 0.3 is 0 Å². The van der Waals surface area contributed by atoms with E-state index in [-0.39, 0.29) is 0 Å². The smallest absolute Gasteiger partial charge is 0.142 e. The second-order valence-electron chi connectivity index (χ2n) is 8.55. The van der Waals surface area contributed by atoms with Crippen molar-refractivity contribution in [3.8, 4) is 22.6 Å². The van der Waals surface area contributed by atoms with Crippen LogP contribution in [0.15, 0.2) is 60.8 Å². The number of hydrogen-bond acceptors (Lipinski definition) is 3. The van der Waals surface area contributed by atoms with E-state index in [1.807, 2.05) is 12.3 Å². The first-order valence-corrected chi connectivity index (χ1v) is 13.5. The number of nitrogens with zero attached hydrogens (tertiary/aromatic N) is 3. The Morgan fingerprint density at radius 3 is 2.36 bits per heavy atom. The molecule has 0 saturated carbocycles. The Morgan fingerprint density at radius 1 is 0.964 bits per heavy atom. The molecule has 148 valence electrons. The molecular formula is C23H31N3OSi. The third-order valence-corrected chi connectivity index (χ3v) is 6.47. The van der Waals surface area contributed by atoms with Crippen molar-refractivity contribution in [3.05, 3.63) is 60.8 Å². The molecule has 5 heteroatoms. The highest BCUT2D eigenvalue weighted by Crippen LogP contribution is 2.28. The van der Waals surface area contributed by atoms with Crippen LogP contribution in [0, 0.1) is 0 Å². The zero-order valence-electron chi connectivity index (χ0n) is 17.6. The van der Waals surface area contributed by atoms with Crippen LogP contribution in [0.1, 0.15) is 0 Å². The first-order chi connectivity index (χ1) is 13.3. The number of hydrogen-bond donors (Lipinski definition) is 0. The van der Waals surface area contributed by atoms with Crippen molar-refractivity contribution < 1.29 is 4.74 Å². The topological polar surface area (TPSA) is 30.3 Å². The summed E-state index contributed by atoms with van der Waals surface area (Å²) in [6, 6.07) is 20.0. The summed E-state index contributed by atoms with van der Waals surface area (Å²) in [5, 5.41) is 0.